The van der Waals surface area contributed by atoms with E-state index in [4.69, 9.17) is 0 Å². The monoisotopic (exact) mass is 446 g/mol. The SMILES string of the molecule is CC(=O)c1cnc(NC(=O)[C@H]2CC[C@]3(CC2)CN(S(C)(=O)=O)c2ccc(F)cc23)nc1. The van der Waals surface area contributed by atoms with Crippen LogP contribution < -0.4 is 9.62 Å². The minimum Gasteiger partial charge on any atom is -0.294 e. The van der Waals surface area contributed by atoms with Crippen molar-refractivity contribution in [1.29, 1.82) is 0 Å². The van der Waals surface area contributed by atoms with Crippen molar-refractivity contribution < 1.29 is 22.4 Å². The Labute approximate surface area is 179 Å². The van der Waals surface area contributed by atoms with E-state index in [0.717, 1.165) is 6.26 Å². The minimum absolute atomic E-state index is 0.131. The Balaban J connectivity index is 1.48. The third-order valence-corrected chi connectivity index (χ3v) is 7.38. The second-order valence-electron chi connectivity index (χ2n) is 8.33. The molecular formula is C21H23FN4O4S. The molecule has 2 aromatic rings. The molecule has 8 nitrogen and oxygen atoms in total. The van der Waals surface area contributed by atoms with Crippen LogP contribution in [0.25, 0.3) is 0 Å². The Hall–Kier alpha value is -2.88. The quantitative estimate of drug-likeness (QED) is 0.723. The largest absolute Gasteiger partial charge is 0.294 e. The Kier molecular flexibility index (Phi) is 5.28. The van der Waals surface area contributed by atoms with Gasteiger partial charge in [0.15, 0.2) is 5.78 Å². The summed E-state index contributed by atoms with van der Waals surface area (Å²) in [6.07, 6.45) is 6.08. The highest BCUT2D eigenvalue weighted by Crippen LogP contribution is 2.51. The van der Waals surface area contributed by atoms with Crippen LogP contribution in [0, 0.1) is 11.7 Å². The molecule has 1 fully saturated rings. The topological polar surface area (TPSA) is 109 Å². The first kappa shape index (κ1) is 21.4. The lowest BCUT2D eigenvalue weighted by Crippen LogP contribution is -2.41. The number of amides is 1. The summed E-state index contributed by atoms with van der Waals surface area (Å²) in [7, 11) is -3.49. The third kappa shape index (κ3) is 4.04. The molecule has 1 saturated carbocycles. The first-order valence-electron chi connectivity index (χ1n) is 10.0. The predicted octanol–water partition coefficient (Wildman–Crippen LogP) is 2.66. The number of sulfonamides is 1. The lowest BCUT2D eigenvalue weighted by molar-refractivity contribution is -0.121. The number of rotatable bonds is 4. The van der Waals surface area contributed by atoms with Crippen LogP contribution >= 0.6 is 0 Å². The molecular weight excluding hydrogens is 423 g/mol. The molecule has 1 spiro atoms. The molecule has 0 atom stereocenters. The van der Waals surface area contributed by atoms with E-state index in [1.807, 2.05) is 0 Å². The number of carbonyl (C=O) groups is 2. The van der Waals surface area contributed by atoms with Crippen LogP contribution in [0.15, 0.2) is 30.6 Å². The second kappa shape index (κ2) is 7.67. The summed E-state index contributed by atoms with van der Waals surface area (Å²) in [4.78, 5) is 32.0. The van der Waals surface area contributed by atoms with Gasteiger partial charge >= 0.3 is 0 Å². The average Bonchev–Trinajstić information content (AvgIpc) is 3.03. The zero-order valence-corrected chi connectivity index (χ0v) is 18.1. The summed E-state index contributed by atoms with van der Waals surface area (Å²) in [5, 5.41) is 2.68. The van der Waals surface area contributed by atoms with E-state index in [2.05, 4.69) is 15.3 Å². The van der Waals surface area contributed by atoms with E-state index in [1.54, 1.807) is 0 Å². The molecule has 1 aromatic carbocycles. The molecule has 0 radical (unpaired) electrons. The maximum absolute atomic E-state index is 14.0. The third-order valence-electron chi connectivity index (χ3n) is 6.25. The predicted molar refractivity (Wildman–Crippen MR) is 113 cm³/mol. The van der Waals surface area contributed by atoms with Crippen molar-refractivity contribution in [3.63, 3.8) is 0 Å². The van der Waals surface area contributed by atoms with Gasteiger partial charge < -0.3 is 0 Å². The molecule has 10 heteroatoms. The minimum atomic E-state index is -3.49. The highest BCUT2D eigenvalue weighted by atomic mass is 32.2. The van der Waals surface area contributed by atoms with Crippen molar-refractivity contribution >= 4 is 33.3 Å². The maximum Gasteiger partial charge on any atom is 0.232 e. The van der Waals surface area contributed by atoms with Crippen molar-refractivity contribution in [3.8, 4) is 0 Å². The number of benzene rings is 1. The fourth-order valence-corrected chi connectivity index (χ4v) is 5.54. The number of ketones is 1. The Bertz CT molecular complexity index is 1140. The second-order valence-corrected chi connectivity index (χ2v) is 10.2. The van der Waals surface area contributed by atoms with Crippen LogP contribution in [-0.2, 0) is 20.2 Å². The summed E-state index contributed by atoms with van der Waals surface area (Å²) < 4.78 is 39.9. The van der Waals surface area contributed by atoms with Gasteiger partial charge in [-0.2, -0.15) is 0 Å². The smallest absolute Gasteiger partial charge is 0.232 e. The molecule has 0 unspecified atom stereocenters. The number of anilines is 2. The molecule has 2 aliphatic rings. The summed E-state index contributed by atoms with van der Waals surface area (Å²) in [5.41, 5.74) is 1.07. The van der Waals surface area contributed by atoms with Crippen molar-refractivity contribution in [2.75, 3.05) is 22.4 Å². The standard InChI is InChI=1S/C21H23FN4O4S/c1-13(27)15-10-23-20(24-11-15)25-19(28)14-5-7-21(8-6-14)12-26(31(2,29)30)18-4-3-16(22)9-17(18)21/h3-4,9-11,14H,5-8,12H2,1-2H3,(H,23,24,25,28)/t14-,21-. The van der Waals surface area contributed by atoms with E-state index in [9.17, 15) is 22.4 Å². The van der Waals surface area contributed by atoms with Gasteiger partial charge in [-0.1, -0.05) is 0 Å². The molecule has 1 aliphatic heterocycles. The average molecular weight is 447 g/mol. The number of fused-ring (bicyclic) bond motifs is 2. The number of Topliss-reactive ketones (excluding diaryl/α,β-unsaturated/α-hetero) is 1. The van der Waals surface area contributed by atoms with E-state index >= 15 is 0 Å². The van der Waals surface area contributed by atoms with Crippen molar-refractivity contribution in [2.24, 2.45) is 5.92 Å². The van der Waals surface area contributed by atoms with E-state index < -0.39 is 21.3 Å². The molecule has 4 rings (SSSR count). The van der Waals surface area contributed by atoms with Gasteiger partial charge in [-0.15, -0.1) is 0 Å². The van der Waals surface area contributed by atoms with E-state index in [1.165, 1.54) is 41.8 Å². The zero-order valence-electron chi connectivity index (χ0n) is 17.3. The summed E-state index contributed by atoms with van der Waals surface area (Å²) in [6, 6.07) is 4.21. The van der Waals surface area contributed by atoms with Crippen molar-refractivity contribution in [3.05, 3.63) is 47.5 Å². The number of halogens is 1. The highest BCUT2D eigenvalue weighted by Gasteiger charge is 2.48. The van der Waals surface area contributed by atoms with Gasteiger partial charge in [0.2, 0.25) is 21.9 Å². The molecule has 31 heavy (non-hydrogen) atoms. The molecule has 2 heterocycles. The van der Waals surface area contributed by atoms with Gasteiger partial charge in [0.1, 0.15) is 5.82 Å². The van der Waals surface area contributed by atoms with Crippen molar-refractivity contribution in [2.45, 2.75) is 38.0 Å². The maximum atomic E-state index is 14.0. The van der Waals surface area contributed by atoms with Crippen LogP contribution in [0.4, 0.5) is 16.0 Å². The van der Waals surface area contributed by atoms with Crippen LogP contribution in [0.2, 0.25) is 0 Å². The van der Waals surface area contributed by atoms with Gasteiger partial charge in [-0.05, 0) is 56.4 Å². The summed E-state index contributed by atoms with van der Waals surface area (Å²) in [5.74, 6) is -0.938. The van der Waals surface area contributed by atoms with Gasteiger partial charge in [-0.25, -0.2) is 22.8 Å². The van der Waals surface area contributed by atoms with E-state index in [-0.39, 0.29) is 30.1 Å². The Morgan fingerprint density at radius 1 is 1.19 bits per heavy atom. The molecule has 164 valence electrons. The van der Waals surface area contributed by atoms with E-state index in [0.29, 0.717) is 42.5 Å². The molecule has 1 aliphatic carbocycles. The zero-order chi connectivity index (χ0) is 22.4. The highest BCUT2D eigenvalue weighted by molar-refractivity contribution is 7.92. The van der Waals surface area contributed by atoms with Crippen LogP contribution in [0.1, 0.15) is 48.5 Å². The Morgan fingerprint density at radius 3 is 2.42 bits per heavy atom. The lowest BCUT2D eigenvalue weighted by Gasteiger charge is -2.37. The first-order valence-corrected chi connectivity index (χ1v) is 11.9. The lowest BCUT2D eigenvalue weighted by atomic mass is 9.67. The van der Waals surface area contributed by atoms with Crippen LogP contribution in [0.3, 0.4) is 0 Å². The fourth-order valence-electron chi connectivity index (χ4n) is 4.54. The number of carbonyl (C=O) groups excluding carboxylic acids is 2. The number of aromatic nitrogens is 2. The number of nitrogens with one attached hydrogen (secondary N) is 1. The van der Waals surface area contributed by atoms with Crippen molar-refractivity contribution in [1.82, 2.24) is 9.97 Å². The molecule has 1 N–H and O–H groups in total. The Morgan fingerprint density at radius 2 is 1.84 bits per heavy atom. The molecule has 1 aromatic heterocycles. The first-order chi connectivity index (χ1) is 14.6. The van der Waals surface area contributed by atoms with Gasteiger partial charge in [-0.3, -0.25) is 19.2 Å². The number of nitrogens with zero attached hydrogens (tertiary/aromatic N) is 3. The number of hydrogen-bond acceptors (Lipinski definition) is 6. The van der Waals surface area contributed by atoms with Crippen LogP contribution in [-0.4, -0.2) is 42.9 Å². The summed E-state index contributed by atoms with van der Waals surface area (Å²) in [6.45, 7) is 1.67. The normalized spacial score (nSPS) is 22.9. The van der Waals surface area contributed by atoms with Gasteiger partial charge in [0.25, 0.3) is 0 Å². The molecule has 0 bridgehead atoms. The van der Waals surface area contributed by atoms with Crippen LogP contribution in [0.5, 0.6) is 0 Å². The molecule has 1 amide bonds. The van der Waals surface area contributed by atoms with Gasteiger partial charge in [0, 0.05) is 30.3 Å². The molecule has 0 saturated heterocycles. The van der Waals surface area contributed by atoms with Gasteiger partial charge in [0.05, 0.1) is 17.5 Å². The fraction of sp³-hybridized carbons (Fsp3) is 0.429. The summed E-state index contributed by atoms with van der Waals surface area (Å²) >= 11 is 0. The number of hydrogen-bond donors (Lipinski definition) is 1.